The number of hydrogen-bond acceptors (Lipinski definition) is 5. The summed E-state index contributed by atoms with van der Waals surface area (Å²) in [6.07, 6.45) is -0.369. The van der Waals surface area contributed by atoms with Crippen LogP contribution in [-0.4, -0.2) is 33.4 Å². The lowest BCUT2D eigenvalue weighted by Gasteiger charge is -2.21. The Bertz CT molecular complexity index is 1370. The van der Waals surface area contributed by atoms with E-state index in [4.69, 9.17) is 16.3 Å². The van der Waals surface area contributed by atoms with E-state index in [1.807, 2.05) is 26.0 Å². The number of nitrogens with one attached hydrogen (secondary N) is 2. The second kappa shape index (κ2) is 11.8. The van der Waals surface area contributed by atoms with E-state index in [-0.39, 0.29) is 24.4 Å². The first-order valence-corrected chi connectivity index (χ1v) is 12.1. The third-order valence-electron chi connectivity index (χ3n) is 6.09. The maximum atomic E-state index is 13.4. The Hall–Kier alpha value is -3.98. The molecular formula is C27H30ClN3O6. The number of carbonyl (C=O) groups is 2. The molecule has 0 radical (unpaired) electrons. The van der Waals surface area contributed by atoms with Crippen molar-refractivity contribution in [3.05, 3.63) is 85.8 Å². The number of amides is 2. The lowest BCUT2D eigenvalue weighted by Crippen LogP contribution is -2.36. The lowest BCUT2D eigenvalue weighted by molar-refractivity contribution is -0.137. The Morgan fingerprint density at radius 3 is 2.41 bits per heavy atom. The van der Waals surface area contributed by atoms with Crippen LogP contribution in [0.25, 0.3) is 0 Å². The molecule has 1 heterocycles. The van der Waals surface area contributed by atoms with E-state index in [1.54, 1.807) is 44.2 Å². The van der Waals surface area contributed by atoms with Crippen molar-refractivity contribution in [1.82, 2.24) is 9.88 Å². The van der Waals surface area contributed by atoms with Crippen molar-refractivity contribution in [1.29, 1.82) is 0 Å². The van der Waals surface area contributed by atoms with Gasteiger partial charge >= 0.3 is 12.0 Å². The number of rotatable bonds is 9. The minimum Gasteiger partial charge on any atom is -0.505 e. The number of halogens is 1. The van der Waals surface area contributed by atoms with Gasteiger partial charge < -0.3 is 30.2 Å². The number of ether oxygens (including phenoxy) is 1. The van der Waals surface area contributed by atoms with E-state index in [0.29, 0.717) is 39.8 Å². The van der Waals surface area contributed by atoms with Crippen LogP contribution in [0, 0.1) is 20.8 Å². The molecule has 196 valence electrons. The minimum absolute atomic E-state index is 0.0437. The molecular weight excluding hydrogens is 498 g/mol. The van der Waals surface area contributed by atoms with Crippen LogP contribution in [-0.2, 0) is 11.3 Å². The van der Waals surface area contributed by atoms with Crippen molar-refractivity contribution < 1.29 is 24.5 Å². The number of aryl methyl sites for hydroxylation is 1. The maximum Gasteiger partial charge on any atom is 0.319 e. The van der Waals surface area contributed by atoms with Gasteiger partial charge in [0.2, 0.25) is 0 Å². The standard InChI is InChI=1S/C27H30ClN3O6/c1-5-37-22-8-6-7-20(28)19(22)14-31-17(4)16(3)25(34)24(26(31)35)30-27(36)29-21(13-23(32)33)18-11-9-15(2)10-12-18/h6-12,21,34H,5,13-14H2,1-4H3,(H,32,33)(H2,29,30,36)/t21-/m0/s1. The van der Waals surface area contributed by atoms with Crippen LogP contribution in [0.5, 0.6) is 11.5 Å². The highest BCUT2D eigenvalue weighted by Gasteiger charge is 2.23. The molecule has 4 N–H and O–H groups in total. The summed E-state index contributed by atoms with van der Waals surface area (Å²) in [5, 5.41) is 25.5. The number of aliphatic carboxylic acids is 1. The Labute approximate surface area is 219 Å². The molecule has 0 aliphatic heterocycles. The number of carboxylic acid groups (broad SMARTS) is 1. The van der Waals surface area contributed by atoms with Gasteiger partial charge in [-0.25, -0.2) is 4.79 Å². The average Bonchev–Trinajstić information content (AvgIpc) is 2.84. The zero-order chi connectivity index (χ0) is 27.3. The van der Waals surface area contributed by atoms with E-state index in [9.17, 15) is 24.6 Å². The number of hydrogen-bond donors (Lipinski definition) is 4. The molecule has 0 spiro atoms. The third-order valence-corrected chi connectivity index (χ3v) is 6.45. The van der Waals surface area contributed by atoms with Gasteiger partial charge in [0.25, 0.3) is 5.56 Å². The number of pyridine rings is 1. The summed E-state index contributed by atoms with van der Waals surface area (Å²) in [5.41, 5.74) is 2.05. The molecule has 1 atom stereocenters. The number of aromatic nitrogens is 1. The van der Waals surface area contributed by atoms with Gasteiger partial charge in [-0.2, -0.15) is 0 Å². The van der Waals surface area contributed by atoms with Crippen LogP contribution < -0.4 is 20.9 Å². The van der Waals surface area contributed by atoms with Crippen LogP contribution in [0.15, 0.2) is 47.3 Å². The Kier molecular flexibility index (Phi) is 8.83. The SMILES string of the molecule is CCOc1cccc(Cl)c1Cn1c(C)c(C)c(O)c(NC(=O)N[C@@H](CC(=O)O)c2ccc(C)cc2)c1=O. The smallest absolute Gasteiger partial charge is 0.319 e. The zero-order valence-electron chi connectivity index (χ0n) is 21.1. The van der Waals surface area contributed by atoms with Crippen LogP contribution in [0.3, 0.4) is 0 Å². The zero-order valence-corrected chi connectivity index (χ0v) is 21.8. The molecule has 2 amide bonds. The fourth-order valence-electron chi connectivity index (χ4n) is 3.93. The second-order valence-corrected chi connectivity index (χ2v) is 9.04. The quantitative estimate of drug-likeness (QED) is 0.312. The molecule has 3 rings (SSSR count). The highest BCUT2D eigenvalue weighted by atomic mass is 35.5. The van der Waals surface area contributed by atoms with E-state index < -0.39 is 23.6 Å². The summed E-state index contributed by atoms with van der Waals surface area (Å²) in [7, 11) is 0. The van der Waals surface area contributed by atoms with E-state index in [1.165, 1.54) is 4.57 Å². The first-order chi connectivity index (χ1) is 17.5. The van der Waals surface area contributed by atoms with Crippen LogP contribution in [0.4, 0.5) is 10.5 Å². The van der Waals surface area contributed by atoms with Crippen molar-refractivity contribution in [2.45, 2.75) is 46.7 Å². The topological polar surface area (TPSA) is 130 Å². The van der Waals surface area contributed by atoms with Gasteiger partial charge in [-0.05, 0) is 45.4 Å². The van der Waals surface area contributed by atoms with Crippen molar-refractivity contribution in [3.8, 4) is 11.5 Å². The summed E-state index contributed by atoms with van der Waals surface area (Å²) in [6.45, 7) is 7.48. The first kappa shape index (κ1) is 27.6. The molecule has 0 saturated carbocycles. The summed E-state index contributed by atoms with van der Waals surface area (Å²) < 4.78 is 7.06. The monoisotopic (exact) mass is 527 g/mol. The largest absolute Gasteiger partial charge is 0.505 e. The summed E-state index contributed by atoms with van der Waals surface area (Å²) in [5.74, 6) is -0.954. The molecule has 0 aliphatic carbocycles. The van der Waals surface area contributed by atoms with Gasteiger partial charge in [0.05, 0.1) is 25.6 Å². The summed E-state index contributed by atoms with van der Waals surface area (Å²) >= 11 is 6.41. The highest BCUT2D eigenvalue weighted by molar-refractivity contribution is 6.31. The lowest BCUT2D eigenvalue weighted by atomic mass is 10.0. The van der Waals surface area contributed by atoms with Crippen molar-refractivity contribution in [2.75, 3.05) is 11.9 Å². The number of benzene rings is 2. The average molecular weight is 528 g/mol. The molecule has 10 heteroatoms. The minimum atomic E-state index is -1.10. The molecule has 0 unspecified atom stereocenters. The fourth-order valence-corrected chi connectivity index (χ4v) is 4.15. The molecule has 0 aliphatic rings. The van der Waals surface area contributed by atoms with Crippen molar-refractivity contribution in [3.63, 3.8) is 0 Å². The third kappa shape index (κ3) is 6.42. The van der Waals surface area contributed by atoms with Crippen molar-refractivity contribution >= 4 is 29.3 Å². The van der Waals surface area contributed by atoms with Crippen LogP contribution in [0.1, 0.15) is 47.3 Å². The predicted octanol–water partition coefficient (Wildman–Crippen LogP) is 4.92. The summed E-state index contributed by atoms with van der Waals surface area (Å²) in [6, 6.07) is 10.6. The molecule has 37 heavy (non-hydrogen) atoms. The Balaban J connectivity index is 1.95. The molecule has 0 saturated heterocycles. The second-order valence-electron chi connectivity index (χ2n) is 8.63. The number of nitrogens with zero attached hydrogens (tertiary/aromatic N) is 1. The van der Waals surface area contributed by atoms with Crippen LogP contribution in [0.2, 0.25) is 5.02 Å². The number of aromatic hydroxyl groups is 1. The molecule has 1 aromatic heterocycles. The van der Waals surface area contributed by atoms with E-state index in [0.717, 1.165) is 5.56 Å². The first-order valence-electron chi connectivity index (χ1n) is 11.7. The molecule has 2 aromatic carbocycles. The molecule has 0 fully saturated rings. The van der Waals surface area contributed by atoms with Gasteiger partial charge in [-0.15, -0.1) is 0 Å². The molecule has 9 nitrogen and oxygen atoms in total. The Morgan fingerprint density at radius 2 is 1.78 bits per heavy atom. The van der Waals surface area contributed by atoms with Crippen LogP contribution >= 0.6 is 11.6 Å². The van der Waals surface area contributed by atoms with E-state index in [2.05, 4.69) is 10.6 Å². The van der Waals surface area contributed by atoms with Crippen molar-refractivity contribution in [2.24, 2.45) is 0 Å². The Morgan fingerprint density at radius 1 is 1.11 bits per heavy atom. The van der Waals surface area contributed by atoms with Gasteiger partial charge in [0.1, 0.15) is 11.5 Å². The van der Waals surface area contributed by atoms with Gasteiger partial charge in [-0.3, -0.25) is 9.59 Å². The van der Waals surface area contributed by atoms with Gasteiger partial charge in [0, 0.05) is 21.8 Å². The molecule has 3 aromatic rings. The maximum absolute atomic E-state index is 13.4. The fraction of sp³-hybridized carbons (Fsp3) is 0.296. The van der Waals surface area contributed by atoms with Gasteiger partial charge in [0.15, 0.2) is 5.69 Å². The number of urea groups is 1. The molecule has 0 bridgehead atoms. The van der Waals surface area contributed by atoms with Gasteiger partial charge in [-0.1, -0.05) is 47.5 Å². The van der Waals surface area contributed by atoms with E-state index >= 15 is 0 Å². The highest BCUT2D eigenvalue weighted by Crippen LogP contribution is 2.31. The predicted molar refractivity (Wildman–Crippen MR) is 142 cm³/mol. The summed E-state index contributed by atoms with van der Waals surface area (Å²) in [4.78, 5) is 37.7. The number of carboxylic acids is 1. The number of carbonyl (C=O) groups excluding carboxylic acids is 1. The normalized spacial score (nSPS) is 11.6. The number of anilines is 1.